The van der Waals surface area contributed by atoms with Crippen molar-refractivity contribution in [1.29, 1.82) is 0 Å². The Hall–Kier alpha value is -0.940. The fourth-order valence-corrected chi connectivity index (χ4v) is 0.972. The summed E-state index contributed by atoms with van der Waals surface area (Å²) in [6, 6.07) is -0.570. The zero-order valence-corrected chi connectivity index (χ0v) is 7.66. The zero-order chi connectivity index (χ0) is 10.3. The molecule has 0 aromatic rings. The molecule has 5 heteroatoms. The number of unbranched alkanes of at least 4 members (excludes halogenated alkanes) is 1. The number of carbonyl (C=O) groups is 2. The molecule has 1 atom stereocenters. The standard InChI is InChI=1S/C8H17N3O2/c9-4-2-1-3-6(10)7(12)5-8(11)13/h6H,1-5,9-10H2,(H2,11,13)/t6-/m0/s1. The van der Waals surface area contributed by atoms with E-state index in [2.05, 4.69) is 0 Å². The van der Waals surface area contributed by atoms with Gasteiger partial charge in [-0.1, -0.05) is 6.42 Å². The van der Waals surface area contributed by atoms with E-state index in [0.717, 1.165) is 12.8 Å². The topological polar surface area (TPSA) is 112 Å². The monoisotopic (exact) mass is 187 g/mol. The van der Waals surface area contributed by atoms with Crippen LogP contribution in [-0.2, 0) is 9.59 Å². The lowest BCUT2D eigenvalue weighted by Gasteiger charge is -2.08. The van der Waals surface area contributed by atoms with Crippen LogP contribution in [0.25, 0.3) is 0 Å². The van der Waals surface area contributed by atoms with E-state index in [-0.39, 0.29) is 12.2 Å². The minimum atomic E-state index is -0.626. The van der Waals surface area contributed by atoms with E-state index >= 15 is 0 Å². The summed E-state index contributed by atoms with van der Waals surface area (Å²) in [6.07, 6.45) is 1.97. The quantitative estimate of drug-likeness (QED) is 0.346. The van der Waals surface area contributed by atoms with E-state index in [9.17, 15) is 9.59 Å². The van der Waals surface area contributed by atoms with Crippen molar-refractivity contribution in [2.75, 3.05) is 6.54 Å². The van der Waals surface area contributed by atoms with Crippen LogP contribution in [0.2, 0.25) is 0 Å². The van der Waals surface area contributed by atoms with Crippen molar-refractivity contribution >= 4 is 11.7 Å². The molecule has 0 heterocycles. The highest BCUT2D eigenvalue weighted by molar-refractivity contribution is 5.99. The van der Waals surface area contributed by atoms with E-state index in [1.807, 2.05) is 0 Å². The number of carbonyl (C=O) groups excluding carboxylic acids is 2. The van der Waals surface area contributed by atoms with E-state index in [4.69, 9.17) is 17.2 Å². The second-order valence-corrected chi connectivity index (χ2v) is 3.00. The van der Waals surface area contributed by atoms with Crippen molar-refractivity contribution in [3.8, 4) is 0 Å². The molecule has 6 N–H and O–H groups in total. The molecule has 5 nitrogen and oxygen atoms in total. The number of rotatable bonds is 7. The van der Waals surface area contributed by atoms with Crippen molar-refractivity contribution in [3.05, 3.63) is 0 Å². The van der Waals surface area contributed by atoms with Gasteiger partial charge in [-0.25, -0.2) is 0 Å². The van der Waals surface area contributed by atoms with Gasteiger partial charge in [0.15, 0.2) is 5.78 Å². The fourth-order valence-electron chi connectivity index (χ4n) is 0.972. The molecule has 0 bridgehead atoms. The van der Waals surface area contributed by atoms with Crippen LogP contribution in [0.5, 0.6) is 0 Å². The van der Waals surface area contributed by atoms with Gasteiger partial charge in [0.2, 0.25) is 5.91 Å². The summed E-state index contributed by atoms with van der Waals surface area (Å²) in [5.41, 5.74) is 15.6. The molecule has 13 heavy (non-hydrogen) atoms. The molecule has 0 fully saturated rings. The minimum absolute atomic E-state index is 0.260. The molecule has 0 saturated heterocycles. The fraction of sp³-hybridized carbons (Fsp3) is 0.750. The van der Waals surface area contributed by atoms with Gasteiger partial charge in [-0.3, -0.25) is 9.59 Å². The third-order valence-electron chi connectivity index (χ3n) is 1.73. The van der Waals surface area contributed by atoms with Crippen LogP contribution in [0.3, 0.4) is 0 Å². The number of amides is 1. The molecule has 0 saturated carbocycles. The van der Waals surface area contributed by atoms with Gasteiger partial charge in [0.1, 0.15) is 0 Å². The summed E-state index contributed by atoms with van der Waals surface area (Å²) in [7, 11) is 0. The van der Waals surface area contributed by atoms with Gasteiger partial charge in [-0.2, -0.15) is 0 Å². The highest BCUT2D eigenvalue weighted by Crippen LogP contribution is 2.00. The Morgan fingerprint density at radius 3 is 2.31 bits per heavy atom. The third-order valence-corrected chi connectivity index (χ3v) is 1.73. The molecule has 0 aromatic heterocycles. The van der Waals surface area contributed by atoms with Gasteiger partial charge in [-0.15, -0.1) is 0 Å². The van der Waals surface area contributed by atoms with Crippen LogP contribution < -0.4 is 17.2 Å². The Balaban J connectivity index is 3.63. The van der Waals surface area contributed by atoms with E-state index in [1.165, 1.54) is 0 Å². The molecule has 0 aliphatic heterocycles. The van der Waals surface area contributed by atoms with Crippen molar-refractivity contribution in [1.82, 2.24) is 0 Å². The Morgan fingerprint density at radius 2 is 1.85 bits per heavy atom. The summed E-state index contributed by atoms with van der Waals surface area (Å²) >= 11 is 0. The highest BCUT2D eigenvalue weighted by Gasteiger charge is 2.14. The first kappa shape index (κ1) is 12.1. The Labute approximate surface area is 77.6 Å². The molecule has 0 spiro atoms. The van der Waals surface area contributed by atoms with Gasteiger partial charge in [0.25, 0.3) is 0 Å². The average Bonchev–Trinajstić information content (AvgIpc) is 2.03. The molecule has 0 unspecified atom stereocenters. The second-order valence-electron chi connectivity index (χ2n) is 3.00. The SMILES string of the molecule is NCCCC[C@H](N)C(=O)CC(N)=O. The maximum atomic E-state index is 11.1. The van der Waals surface area contributed by atoms with E-state index in [1.54, 1.807) is 0 Å². The van der Waals surface area contributed by atoms with Gasteiger partial charge in [0.05, 0.1) is 12.5 Å². The number of nitrogens with two attached hydrogens (primary N) is 3. The Bertz CT molecular complexity index is 182. The predicted molar refractivity (Wildman–Crippen MR) is 49.7 cm³/mol. The normalized spacial score (nSPS) is 12.5. The first-order valence-electron chi connectivity index (χ1n) is 4.34. The lowest BCUT2D eigenvalue weighted by atomic mass is 10.0. The average molecular weight is 187 g/mol. The second kappa shape index (κ2) is 6.56. The largest absolute Gasteiger partial charge is 0.369 e. The molecule has 0 radical (unpaired) electrons. The van der Waals surface area contributed by atoms with E-state index in [0.29, 0.717) is 13.0 Å². The highest BCUT2D eigenvalue weighted by atomic mass is 16.2. The number of hydrogen-bond acceptors (Lipinski definition) is 4. The predicted octanol–water partition coefficient (Wildman–Crippen LogP) is -1.11. The first-order chi connectivity index (χ1) is 6.07. The van der Waals surface area contributed by atoms with Crippen molar-refractivity contribution in [2.45, 2.75) is 31.7 Å². The van der Waals surface area contributed by atoms with Crippen molar-refractivity contribution < 1.29 is 9.59 Å². The number of ketones is 1. The smallest absolute Gasteiger partial charge is 0.224 e. The van der Waals surface area contributed by atoms with Crippen LogP contribution in [0.4, 0.5) is 0 Å². The molecule has 0 rings (SSSR count). The minimum Gasteiger partial charge on any atom is -0.369 e. The summed E-state index contributed by atoms with van der Waals surface area (Å²) in [5, 5.41) is 0. The van der Waals surface area contributed by atoms with E-state index < -0.39 is 11.9 Å². The lowest BCUT2D eigenvalue weighted by Crippen LogP contribution is -2.33. The Morgan fingerprint density at radius 1 is 1.23 bits per heavy atom. The van der Waals surface area contributed by atoms with Crippen LogP contribution >= 0.6 is 0 Å². The maximum Gasteiger partial charge on any atom is 0.224 e. The summed E-state index contributed by atoms with van der Waals surface area (Å²) < 4.78 is 0. The van der Waals surface area contributed by atoms with Gasteiger partial charge >= 0.3 is 0 Å². The van der Waals surface area contributed by atoms with Gasteiger partial charge < -0.3 is 17.2 Å². The molecule has 1 amide bonds. The van der Waals surface area contributed by atoms with Crippen molar-refractivity contribution in [2.24, 2.45) is 17.2 Å². The summed E-state index contributed by atoms with van der Waals surface area (Å²) in [4.78, 5) is 21.5. The van der Waals surface area contributed by atoms with Crippen LogP contribution in [0.1, 0.15) is 25.7 Å². The molecular weight excluding hydrogens is 170 g/mol. The number of primary amides is 1. The van der Waals surface area contributed by atoms with Gasteiger partial charge in [-0.05, 0) is 19.4 Å². The van der Waals surface area contributed by atoms with Crippen molar-refractivity contribution in [3.63, 3.8) is 0 Å². The summed E-state index contributed by atoms with van der Waals surface area (Å²) in [5.74, 6) is -0.913. The molecule has 0 aromatic carbocycles. The van der Waals surface area contributed by atoms with Crippen LogP contribution in [0.15, 0.2) is 0 Å². The molecular formula is C8H17N3O2. The van der Waals surface area contributed by atoms with Gasteiger partial charge in [0, 0.05) is 0 Å². The maximum absolute atomic E-state index is 11.1. The number of Topliss-reactive ketones (excluding diaryl/α,β-unsaturated/α-hetero) is 1. The lowest BCUT2D eigenvalue weighted by molar-refractivity contribution is -0.127. The van der Waals surface area contributed by atoms with Crippen LogP contribution in [0, 0.1) is 0 Å². The Kier molecular flexibility index (Phi) is 6.09. The van der Waals surface area contributed by atoms with Crippen LogP contribution in [-0.4, -0.2) is 24.3 Å². The molecule has 0 aliphatic rings. The molecule has 0 aliphatic carbocycles. The first-order valence-corrected chi connectivity index (χ1v) is 4.34. The zero-order valence-electron chi connectivity index (χ0n) is 7.66. The number of hydrogen-bond donors (Lipinski definition) is 3. The third kappa shape index (κ3) is 6.24. The molecule has 76 valence electrons. The summed E-state index contributed by atoms with van der Waals surface area (Å²) in [6.45, 7) is 0.594.